The molecule has 3 aromatic heterocycles. The molecule has 0 aliphatic rings. The molecular weight excluding hydrogens is 392 g/mol. The molecule has 1 N–H and O–H groups in total. The zero-order valence-electron chi connectivity index (χ0n) is 17.3. The predicted molar refractivity (Wildman–Crippen MR) is 117 cm³/mol. The fraction of sp³-hybridized carbons (Fsp3) is 0.174. The Labute approximate surface area is 180 Å². The first-order chi connectivity index (χ1) is 15.1. The minimum Gasteiger partial charge on any atom is -0.497 e. The number of carbonyl (C=O) groups is 1. The number of amides is 1. The van der Waals surface area contributed by atoms with Gasteiger partial charge in [0, 0.05) is 36.3 Å². The summed E-state index contributed by atoms with van der Waals surface area (Å²) in [5, 5.41) is 7.63. The molecule has 1 aromatic carbocycles. The summed E-state index contributed by atoms with van der Waals surface area (Å²) in [6, 6.07) is 13.7. The standard InChI is InChI=1S/C23H22N6O2/c1-16-13-27-21(15-26-16)23(30)25-9-10-29-22(17-5-3-7-19(11-17)31-2)12-20(28-29)18-6-4-8-24-14-18/h3-8,11-15H,9-10H2,1-2H3,(H,25,30). The maximum Gasteiger partial charge on any atom is 0.271 e. The summed E-state index contributed by atoms with van der Waals surface area (Å²) in [6.45, 7) is 2.70. The Kier molecular flexibility index (Phi) is 5.98. The molecular formula is C23H22N6O2. The smallest absolute Gasteiger partial charge is 0.271 e. The molecule has 0 atom stereocenters. The summed E-state index contributed by atoms with van der Waals surface area (Å²) in [6.07, 6.45) is 6.55. The van der Waals surface area contributed by atoms with E-state index in [0.29, 0.717) is 13.1 Å². The molecule has 31 heavy (non-hydrogen) atoms. The average molecular weight is 414 g/mol. The third-order valence-electron chi connectivity index (χ3n) is 4.73. The van der Waals surface area contributed by atoms with Crippen LogP contribution < -0.4 is 10.1 Å². The Hall–Kier alpha value is -4.07. The monoisotopic (exact) mass is 414 g/mol. The number of pyridine rings is 1. The van der Waals surface area contributed by atoms with Crippen LogP contribution in [0.4, 0.5) is 0 Å². The van der Waals surface area contributed by atoms with E-state index in [1.807, 2.05) is 54.1 Å². The lowest BCUT2D eigenvalue weighted by Gasteiger charge is -2.10. The highest BCUT2D eigenvalue weighted by Gasteiger charge is 2.13. The Bertz CT molecular complexity index is 1170. The van der Waals surface area contributed by atoms with Gasteiger partial charge >= 0.3 is 0 Å². The number of carbonyl (C=O) groups excluding carboxylic acids is 1. The van der Waals surface area contributed by atoms with Crippen LogP contribution in [-0.2, 0) is 6.54 Å². The third-order valence-corrected chi connectivity index (χ3v) is 4.73. The van der Waals surface area contributed by atoms with Crippen LogP contribution >= 0.6 is 0 Å². The third kappa shape index (κ3) is 4.75. The molecule has 0 unspecified atom stereocenters. The van der Waals surface area contributed by atoms with Crippen LogP contribution in [0.25, 0.3) is 22.5 Å². The van der Waals surface area contributed by atoms with Crippen molar-refractivity contribution in [3.63, 3.8) is 0 Å². The summed E-state index contributed by atoms with van der Waals surface area (Å²) < 4.78 is 7.24. The van der Waals surface area contributed by atoms with Gasteiger partial charge in [-0.1, -0.05) is 12.1 Å². The number of aryl methyl sites for hydroxylation is 1. The fourth-order valence-electron chi connectivity index (χ4n) is 3.13. The summed E-state index contributed by atoms with van der Waals surface area (Å²) >= 11 is 0. The molecule has 0 bridgehead atoms. The van der Waals surface area contributed by atoms with E-state index in [2.05, 4.69) is 20.3 Å². The maximum absolute atomic E-state index is 12.3. The van der Waals surface area contributed by atoms with Crippen LogP contribution in [-0.4, -0.2) is 44.3 Å². The van der Waals surface area contributed by atoms with Gasteiger partial charge in [-0.25, -0.2) is 4.98 Å². The van der Waals surface area contributed by atoms with Crippen molar-refractivity contribution < 1.29 is 9.53 Å². The molecule has 4 aromatic rings. The number of nitrogens with zero attached hydrogens (tertiary/aromatic N) is 5. The van der Waals surface area contributed by atoms with E-state index in [9.17, 15) is 4.79 Å². The van der Waals surface area contributed by atoms with Gasteiger partial charge in [-0.05, 0) is 37.3 Å². The second-order valence-corrected chi connectivity index (χ2v) is 6.91. The van der Waals surface area contributed by atoms with Gasteiger partial charge in [0.2, 0.25) is 0 Å². The zero-order valence-corrected chi connectivity index (χ0v) is 17.3. The number of hydrogen-bond donors (Lipinski definition) is 1. The lowest BCUT2D eigenvalue weighted by atomic mass is 10.1. The molecule has 3 heterocycles. The second-order valence-electron chi connectivity index (χ2n) is 6.91. The van der Waals surface area contributed by atoms with Gasteiger partial charge in [-0.2, -0.15) is 5.10 Å². The van der Waals surface area contributed by atoms with Crippen molar-refractivity contribution >= 4 is 5.91 Å². The molecule has 0 fully saturated rings. The van der Waals surface area contributed by atoms with Gasteiger partial charge in [0.25, 0.3) is 5.91 Å². The van der Waals surface area contributed by atoms with Crippen molar-refractivity contribution in [2.45, 2.75) is 13.5 Å². The van der Waals surface area contributed by atoms with Crippen LogP contribution in [0.3, 0.4) is 0 Å². The number of methoxy groups -OCH3 is 1. The van der Waals surface area contributed by atoms with Crippen molar-refractivity contribution in [1.82, 2.24) is 30.0 Å². The molecule has 8 heteroatoms. The van der Waals surface area contributed by atoms with Gasteiger partial charge in [0.05, 0.1) is 36.9 Å². The summed E-state index contributed by atoms with van der Waals surface area (Å²) in [4.78, 5) is 24.8. The first-order valence-electron chi connectivity index (χ1n) is 9.83. The molecule has 0 spiro atoms. The molecule has 0 radical (unpaired) electrons. The molecule has 0 saturated carbocycles. The predicted octanol–water partition coefficient (Wildman–Crippen LogP) is 3.15. The Morgan fingerprint density at radius 1 is 1.06 bits per heavy atom. The van der Waals surface area contributed by atoms with Crippen molar-refractivity contribution in [1.29, 1.82) is 0 Å². The van der Waals surface area contributed by atoms with E-state index in [0.717, 1.165) is 34.0 Å². The second kappa shape index (κ2) is 9.17. The van der Waals surface area contributed by atoms with Crippen molar-refractivity contribution in [2.75, 3.05) is 13.7 Å². The Balaban J connectivity index is 1.57. The van der Waals surface area contributed by atoms with Crippen molar-refractivity contribution in [2.24, 2.45) is 0 Å². The van der Waals surface area contributed by atoms with Crippen LogP contribution in [0, 0.1) is 6.92 Å². The molecule has 0 aliphatic carbocycles. The Morgan fingerprint density at radius 2 is 1.94 bits per heavy atom. The van der Waals surface area contributed by atoms with Crippen LogP contribution in [0.2, 0.25) is 0 Å². The van der Waals surface area contributed by atoms with Gasteiger partial charge < -0.3 is 10.1 Å². The van der Waals surface area contributed by atoms with Crippen molar-refractivity contribution in [3.8, 4) is 28.3 Å². The van der Waals surface area contributed by atoms with E-state index < -0.39 is 0 Å². The quantitative estimate of drug-likeness (QED) is 0.499. The van der Waals surface area contributed by atoms with Gasteiger partial charge in [-0.15, -0.1) is 0 Å². The first-order valence-corrected chi connectivity index (χ1v) is 9.83. The van der Waals surface area contributed by atoms with Crippen LogP contribution in [0.15, 0.2) is 67.3 Å². The highest BCUT2D eigenvalue weighted by molar-refractivity contribution is 5.91. The summed E-state index contributed by atoms with van der Waals surface area (Å²) in [5.74, 6) is 0.495. The largest absolute Gasteiger partial charge is 0.497 e. The van der Waals surface area contributed by atoms with Crippen LogP contribution in [0.1, 0.15) is 16.2 Å². The van der Waals surface area contributed by atoms with E-state index in [1.54, 1.807) is 25.7 Å². The fourth-order valence-corrected chi connectivity index (χ4v) is 3.13. The zero-order chi connectivity index (χ0) is 21.6. The lowest BCUT2D eigenvalue weighted by Crippen LogP contribution is -2.28. The topological polar surface area (TPSA) is 94.8 Å². The van der Waals surface area contributed by atoms with Crippen LogP contribution in [0.5, 0.6) is 5.75 Å². The normalized spacial score (nSPS) is 10.6. The van der Waals surface area contributed by atoms with Gasteiger partial charge in [0.1, 0.15) is 11.4 Å². The SMILES string of the molecule is COc1cccc(-c2cc(-c3cccnc3)nn2CCNC(=O)c2cnc(C)cn2)c1. The minimum atomic E-state index is -0.268. The number of ether oxygens (including phenoxy) is 1. The Morgan fingerprint density at radius 3 is 2.68 bits per heavy atom. The average Bonchev–Trinajstić information content (AvgIpc) is 3.24. The first kappa shape index (κ1) is 20.2. The highest BCUT2D eigenvalue weighted by atomic mass is 16.5. The number of benzene rings is 1. The lowest BCUT2D eigenvalue weighted by molar-refractivity contribution is 0.0946. The summed E-state index contributed by atoms with van der Waals surface area (Å²) in [5.41, 5.74) is 4.67. The van der Waals surface area contributed by atoms with Gasteiger partial charge in [0.15, 0.2) is 0 Å². The number of rotatable bonds is 7. The van der Waals surface area contributed by atoms with E-state index in [-0.39, 0.29) is 11.6 Å². The molecule has 1 amide bonds. The van der Waals surface area contributed by atoms with E-state index in [1.165, 1.54) is 6.20 Å². The van der Waals surface area contributed by atoms with Crippen molar-refractivity contribution in [3.05, 3.63) is 78.6 Å². The highest BCUT2D eigenvalue weighted by Crippen LogP contribution is 2.28. The van der Waals surface area contributed by atoms with E-state index in [4.69, 9.17) is 9.84 Å². The molecule has 8 nitrogen and oxygen atoms in total. The number of aromatic nitrogens is 5. The maximum atomic E-state index is 12.3. The molecule has 0 aliphatic heterocycles. The molecule has 0 saturated heterocycles. The molecule has 4 rings (SSSR count). The van der Waals surface area contributed by atoms with Gasteiger partial charge in [-0.3, -0.25) is 19.4 Å². The molecule has 156 valence electrons. The number of nitrogens with one attached hydrogen (secondary N) is 1. The summed E-state index contributed by atoms with van der Waals surface area (Å²) in [7, 11) is 1.64. The minimum absolute atomic E-state index is 0.268. The number of hydrogen-bond acceptors (Lipinski definition) is 6. The van der Waals surface area contributed by atoms with E-state index >= 15 is 0 Å².